The van der Waals surface area contributed by atoms with Crippen LogP contribution in [0.1, 0.15) is 26.7 Å². The molecule has 0 spiro atoms. The number of nitrogens with zero attached hydrogens (tertiary/aromatic N) is 3. The van der Waals surface area contributed by atoms with E-state index in [1.54, 1.807) is 7.11 Å². The van der Waals surface area contributed by atoms with Gasteiger partial charge in [0.25, 0.3) is 0 Å². The predicted molar refractivity (Wildman–Crippen MR) is 108 cm³/mol. The maximum absolute atomic E-state index is 5.50. The number of benzene rings is 1. The summed E-state index contributed by atoms with van der Waals surface area (Å²) < 4.78 is 10.9. The van der Waals surface area contributed by atoms with E-state index in [1.165, 1.54) is 5.69 Å². The van der Waals surface area contributed by atoms with E-state index in [9.17, 15) is 0 Å². The molecule has 0 aromatic heterocycles. The highest BCUT2D eigenvalue weighted by molar-refractivity contribution is 5.80. The molecule has 0 radical (unpaired) electrons. The summed E-state index contributed by atoms with van der Waals surface area (Å²) in [5.74, 6) is 1.97. The highest BCUT2D eigenvalue weighted by Crippen LogP contribution is 2.28. The molecule has 26 heavy (non-hydrogen) atoms. The first kappa shape index (κ1) is 20.4. The van der Waals surface area contributed by atoms with Gasteiger partial charge in [-0.15, -0.1) is 0 Å². The number of anilines is 1. The van der Waals surface area contributed by atoms with E-state index < -0.39 is 0 Å². The molecule has 6 nitrogen and oxygen atoms in total. The van der Waals surface area contributed by atoms with E-state index in [2.05, 4.69) is 34.2 Å². The number of hydrogen-bond acceptors (Lipinski definition) is 4. The molecule has 0 saturated carbocycles. The third-order valence-electron chi connectivity index (χ3n) is 4.50. The molecule has 1 aromatic carbocycles. The molecular formula is C20H34N4O2. The van der Waals surface area contributed by atoms with Crippen LogP contribution in [0.25, 0.3) is 0 Å². The van der Waals surface area contributed by atoms with Crippen molar-refractivity contribution in [2.45, 2.75) is 26.7 Å². The van der Waals surface area contributed by atoms with E-state index in [0.29, 0.717) is 0 Å². The van der Waals surface area contributed by atoms with Crippen LogP contribution in [0.5, 0.6) is 5.75 Å². The number of piperazine rings is 1. The van der Waals surface area contributed by atoms with E-state index >= 15 is 0 Å². The van der Waals surface area contributed by atoms with Gasteiger partial charge in [-0.3, -0.25) is 4.99 Å². The Morgan fingerprint density at radius 1 is 1.12 bits per heavy atom. The molecule has 1 saturated heterocycles. The molecule has 2 rings (SSSR count). The summed E-state index contributed by atoms with van der Waals surface area (Å²) in [7, 11) is 1.73. The average molecular weight is 363 g/mol. The van der Waals surface area contributed by atoms with Gasteiger partial charge in [0, 0.05) is 52.5 Å². The van der Waals surface area contributed by atoms with Crippen LogP contribution in [0.15, 0.2) is 29.3 Å². The number of rotatable bonds is 9. The van der Waals surface area contributed by atoms with Gasteiger partial charge in [-0.2, -0.15) is 0 Å². The first-order chi connectivity index (χ1) is 12.8. The second kappa shape index (κ2) is 11.6. The van der Waals surface area contributed by atoms with Gasteiger partial charge in [-0.1, -0.05) is 12.1 Å². The van der Waals surface area contributed by atoms with Crippen LogP contribution in [0, 0.1) is 0 Å². The van der Waals surface area contributed by atoms with Gasteiger partial charge in [0.05, 0.1) is 12.8 Å². The summed E-state index contributed by atoms with van der Waals surface area (Å²) in [6.45, 7) is 11.4. The zero-order valence-corrected chi connectivity index (χ0v) is 16.5. The van der Waals surface area contributed by atoms with Crippen molar-refractivity contribution in [3.05, 3.63) is 24.3 Å². The fourth-order valence-electron chi connectivity index (χ4n) is 3.12. The van der Waals surface area contributed by atoms with Crippen molar-refractivity contribution in [2.24, 2.45) is 4.99 Å². The van der Waals surface area contributed by atoms with Crippen molar-refractivity contribution < 1.29 is 9.47 Å². The van der Waals surface area contributed by atoms with Crippen LogP contribution >= 0.6 is 0 Å². The second-order valence-electron chi connectivity index (χ2n) is 6.29. The van der Waals surface area contributed by atoms with Gasteiger partial charge in [0.15, 0.2) is 5.96 Å². The summed E-state index contributed by atoms with van der Waals surface area (Å²) in [4.78, 5) is 9.55. The number of hydrogen-bond donors (Lipinski definition) is 1. The van der Waals surface area contributed by atoms with Gasteiger partial charge in [-0.25, -0.2) is 0 Å². The number of para-hydroxylation sites is 2. The minimum atomic E-state index is 0.794. The molecular weight excluding hydrogens is 328 g/mol. The molecule has 1 aliphatic heterocycles. The fourth-order valence-corrected chi connectivity index (χ4v) is 3.12. The molecule has 1 aliphatic rings. The lowest BCUT2D eigenvalue weighted by molar-refractivity contribution is 0.144. The minimum Gasteiger partial charge on any atom is -0.495 e. The Labute approximate surface area is 158 Å². The van der Waals surface area contributed by atoms with Crippen molar-refractivity contribution in [2.75, 3.05) is 64.5 Å². The maximum atomic E-state index is 5.50. The summed E-state index contributed by atoms with van der Waals surface area (Å²) in [6, 6.07) is 8.24. The Hall–Kier alpha value is -1.95. The summed E-state index contributed by atoms with van der Waals surface area (Å²) in [6.07, 6.45) is 2.13. The van der Waals surface area contributed by atoms with Gasteiger partial charge in [0.2, 0.25) is 0 Å². The lowest BCUT2D eigenvalue weighted by Gasteiger charge is -2.38. The Morgan fingerprint density at radius 2 is 1.88 bits per heavy atom. The van der Waals surface area contributed by atoms with E-state index in [0.717, 1.165) is 77.0 Å². The third-order valence-corrected chi connectivity index (χ3v) is 4.50. The van der Waals surface area contributed by atoms with Crippen LogP contribution in [0.2, 0.25) is 0 Å². The number of guanidine groups is 1. The largest absolute Gasteiger partial charge is 0.495 e. The quantitative estimate of drug-likeness (QED) is 0.416. The molecule has 0 aliphatic carbocycles. The van der Waals surface area contributed by atoms with Gasteiger partial charge < -0.3 is 24.6 Å². The van der Waals surface area contributed by atoms with Gasteiger partial charge in [0.1, 0.15) is 5.75 Å². The first-order valence-corrected chi connectivity index (χ1v) is 9.79. The first-order valence-electron chi connectivity index (χ1n) is 9.79. The van der Waals surface area contributed by atoms with Gasteiger partial charge >= 0.3 is 0 Å². The summed E-state index contributed by atoms with van der Waals surface area (Å²) in [5.41, 5.74) is 1.17. The van der Waals surface area contributed by atoms with Crippen molar-refractivity contribution in [1.82, 2.24) is 10.2 Å². The molecule has 146 valence electrons. The van der Waals surface area contributed by atoms with Crippen molar-refractivity contribution in [3.8, 4) is 5.75 Å². The number of unbranched alkanes of at least 4 members (excludes halogenated alkanes) is 1. The second-order valence-corrected chi connectivity index (χ2v) is 6.29. The average Bonchev–Trinajstić information content (AvgIpc) is 2.70. The van der Waals surface area contributed by atoms with E-state index in [4.69, 9.17) is 14.5 Å². The molecule has 0 amide bonds. The lowest BCUT2D eigenvalue weighted by atomic mass is 10.2. The topological polar surface area (TPSA) is 49.3 Å². The lowest BCUT2D eigenvalue weighted by Crippen LogP contribution is -2.52. The van der Waals surface area contributed by atoms with Crippen LogP contribution in [-0.2, 0) is 4.74 Å². The van der Waals surface area contributed by atoms with Crippen molar-refractivity contribution >= 4 is 11.6 Å². The minimum absolute atomic E-state index is 0.794. The normalized spacial score (nSPS) is 15.3. The molecule has 6 heteroatoms. The zero-order valence-electron chi connectivity index (χ0n) is 16.5. The number of methoxy groups -OCH3 is 1. The molecule has 0 unspecified atom stereocenters. The Balaban J connectivity index is 1.86. The Bertz CT molecular complexity index is 542. The highest BCUT2D eigenvalue weighted by Gasteiger charge is 2.21. The van der Waals surface area contributed by atoms with Crippen molar-refractivity contribution in [3.63, 3.8) is 0 Å². The Morgan fingerprint density at radius 3 is 2.58 bits per heavy atom. The smallest absolute Gasteiger partial charge is 0.194 e. The van der Waals surface area contributed by atoms with Crippen LogP contribution in [0.4, 0.5) is 5.69 Å². The predicted octanol–water partition coefficient (Wildman–Crippen LogP) is 2.60. The van der Waals surface area contributed by atoms with Crippen LogP contribution in [0.3, 0.4) is 0 Å². The Kier molecular flexibility index (Phi) is 9.10. The summed E-state index contributed by atoms with van der Waals surface area (Å²) in [5, 5.41) is 3.43. The van der Waals surface area contributed by atoms with Crippen molar-refractivity contribution in [1.29, 1.82) is 0 Å². The van der Waals surface area contributed by atoms with Crippen LogP contribution in [-0.4, -0.2) is 70.5 Å². The molecule has 1 fully saturated rings. The number of aliphatic imine (C=N–C) groups is 1. The fraction of sp³-hybridized carbons (Fsp3) is 0.650. The van der Waals surface area contributed by atoms with E-state index in [-0.39, 0.29) is 0 Å². The number of nitrogens with one attached hydrogen (secondary N) is 1. The SMILES string of the molecule is CCNC(=NCCCCOCC)N1CCN(c2ccccc2OC)CC1. The summed E-state index contributed by atoms with van der Waals surface area (Å²) >= 11 is 0. The molecule has 0 atom stereocenters. The molecule has 0 bridgehead atoms. The van der Waals surface area contributed by atoms with Crippen LogP contribution < -0.4 is 15.0 Å². The van der Waals surface area contributed by atoms with Gasteiger partial charge in [-0.05, 0) is 38.8 Å². The third kappa shape index (κ3) is 6.09. The monoisotopic (exact) mass is 362 g/mol. The molecule has 1 heterocycles. The molecule has 1 aromatic rings. The number of ether oxygens (including phenoxy) is 2. The highest BCUT2D eigenvalue weighted by atomic mass is 16.5. The maximum Gasteiger partial charge on any atom is 0.194 e. The van der Waals surface area contributed by atoms with E-state index in [1.807, 2.05) is 19.1 Å². The standard InChI is InChI=1S/C20H34N4O2/c1-4-21-20(22-12-8-9-17-26-5-2)24-15-13-23(14-16-24)18-10-6-7-11-19(18)25-3/h6-7,10-11H,4-5,8-9,12-17H2,1-3H3,(H,21,22). The molecule has 1 N–H and O–H groups in total. The zero-order chi connectivity index (χ0) is 18.6.